The van der Waals surface area contributed by atoms with Gasteiger partial charge < -0.3 is 5.32 Å². The Morgan fingerprint density at radius 1 is 1.12 bits per heavy atom. The van der Waals surface area contributed by atoms with E-state index in [1.165, 1.54) is 11.1 Å². The highest BCUT2D eigenvalue weighted by Crippen LogP contribution is 2.40. The number of anilines is 1. The third-order valence-corrected chi connectivity index (χ3v) is 5.50. The molecule has 0 aromatic heterocycles. The van der Waals surface area contributed by atoms with Gasteiger partial charge in [-0.25, -0.2) is 0 Å². The third-order valence-electron chi connectivity index (χ3n) is 5.25. The molecule has 0 bridgehead atoms. The fraction of sp³-hybridized carbons (Fsp3) is 0.350. The summed E-state index contributed by atoms with van der Waals surface area (Å²) >= 11 is 5.97. The molecule has 3 nitrogen and oxygen atoms in total. The number of fused-ring (bicyclic) bond motifs is 1. The predicted molar refractivity (Wildman–Crippen MR) is 97.2 cm³/mol. The number of hydrogen-bond acceptors (Lipinski definition) is 2. The molecule has 2 aromatic carbocycles. The molecule has 4 rings (SSSR count). The number of piperidine rings is 1. The molecule has 0 saturated carbocycles. The minimum atomic E-state index is -0.293. The van der Waals surface area contributed by atoms with E-state index in [0.717, 1.165) is 49.6 Å². The van der Waals surface area contributed by atoms with Crippen molar-refractivity contribution in [1.82, 2.24) is 4.90 Å². The second-order valence-corrected chi connectivity index (χ2v) is 7.45. The lowest BCUT2D eigenvalue weighted by atomic mass is 9.72. The Morgan fingerprint density at radius 2 is 1.92 bits per heavy atom. The maximum atomic E-state index is 12.8. The van der Waals surface area contributed by atoms with Gasteiger partial charge in [0, 0.05) is 23.8 Å². The van der Waals surface area contributed by atoms with Crippen LogP contribution in [0.15, 0.2) is 48.5 Å². The maximum absolute atomic E-state index is 12.8. The molecule has 1 saturated heterocycles. The molecule has 2 heterocycles. The molecule has 1 atom stereocenters. The summed E-state index contributed by atoms with van der Waals surface area (Å²) in [4.78, 5) is 15.2. The van der Waals surface area contributed by atoms with Gasteiger partial charge in [-0.05, 0) is 55.1 Å². The van der Waals surface area contributed by atoms with Crippen LogP contribution in [0.25, 0.3) is 0 Å². The number of likely N-dealkylation sites (tertiary alicyclic amines) is 1. The van der Waals surface area contributed by atoms with Crippen LogP contribution in [0.1, 0.15) is 24.0 Å². The molecule has 24 heavy (non-hydrogen) atoms. The standard InChI is InChI=1S/C20H21ClN2O/c21-17-8-6-15(7-9-17)13-23-11-3-10-20(14-23)12-16-4-1-2-5-18(16)22-19(20)24/h1-2,4-9H,3,10-14H2,(H,22,24). The lowest BCUT2D eigenvalue weighted by Gasteiger charge is -2.44. The zero-order valence-corrected chi connectivity index (χ0v) is 14.4. The number of benzene rings is 2. The number of hydrogen-bond donors (Lipinski definition) is 1. The summed E-state index contributed by atoms with van der Waals surface area (Å²) in [6, 6.07) is 16.2. The number of halogens is 1. The highest BCUT2D eigenvalue weighted by molar-refractivity contribution is 6.30. The smallest absolute Gasteiger partial charge is 0.232 e. The average molecular weight is 341 g/mol. The predicted octanol–water partition coefficient (Wildman–Crippen LogP) is 4.12. The van der Waals surface area contributed by atoms with E-state index < -0.39 is 0 Å². The van der Waals surface area contributed by atoms with Gasteiger partial charge in [-0.1, -0.05) is 41.9 Å². The van der Waals surface area contributed by atoms with Crippen LogP contribution in [0.5, 0.6) is 0 Å². The number of rotatable bonds is 2. The summed E-state index contributed by atoms with van der Waals surface area (Å²) in [5, 5.41) is 3.89. The minimum Gasteiger partial charge on any atom is -0.325 e. The van der Waals surface area contributed by atoms with Crippen molar-refractivity contribution in [3.8, 4) is 0 Å². The number of carbonyl (C=O) groups is 1. The first-order valence-electron chi connectivity index (χ1n) is 8.51. The highest BCUT2D eigenvalue weighted by atomic mass is 35.5. The first kappa shape index (κ1) is 15.7. The number of para-hydroxylation sites is 1. The number of nitrogens with zero attached hydrogens (tertiary/aromatic N) is 1. The summed E-state index contributed by atoms with van der Waals surface area (Å²) in [6.07, 6.45) is 2.86. The molecule has 1 fully saturated rings. The molecule has 0 radical (unpaired) electrons. The van der Waals surface area contributed by atoms with Crippen molar-refractivity contribution < 1.29 is 4.79 Å². The summed E-state index contributed by atoms with van der Waals surface area (Å²) in [5.74, 6) is 0.182. The van der Waals surface area contributed by atoms with E-state index >= 15 is 0 Å². The second kappa shape index (κ2) is 6.23. The van der Waals surface area contributed by atoms with Crippen LogP contribution in [0.2, 0.25) is 5.02 Å². The first-order valence-corrected chi connectivity index (χ1v) is 8.89. The lowest BCUT2D eigenvalue weighted by molar-refractivity contribution is -0.129. The SMILES string of the molecule is O=C1Nc2ccccc2CC12CCCN(Cc1ccc(Cl)cc1)C2. The van der Waals surface area contributed by atoms with E-state index in [4.69, 9.17) is 11.6 Å². The van der Waals surface area contributed by atoms with Gasteiger partial charge >= 0.3 is 0 Å². The number of amides is 1. The van der Waals surface area contributed by atoms with Gasteiger partial charge in [-0.2, -0.15) is 0 Å². The van der Waals surface area contributed by atoms with Gasteiger partial charge in [-0.15, -0.1) is 0 Å². The van der Waals surface area contributed by atoms with E-state index in [0.29, 0.717) is 0 Å². The molecule has 4 heteroatoms. The summed E-state index contributed by atoms with van der Waals surface area (Å²) in [7, 11) is 0. The average Bonchev–Trinajstić information content (AvgIpc) is 2.58. The minimum absolute atomic E-state index is 0.182. The van der Waals surface area contributed by atoms with Gasteiger partial charge in [0.2, 0.25) is 5.91 Å². The summed E-state index contributed by atoms with van der Waals surface area (Å²) in [6.45, 7) is 2.73. The lowest BCUT2D eigenvalue weighted by Crippen LogP contribution is -2.52. The third kappa shape index (κ3) is 2.94. The largest absolute Gasteiger partial charge is 0.325 e. The number of nitrogens with one attached hydrogen (secondary N) is 1. The Hall–Kier alpha value is -1.84. The molecule has 1 unspecified atom stereocenters. The quantitative estimate of drug-likeness (QED) is 0.892. The zero-order valence-electron chi connectivity index (χ0n) is 13.6. The van der Waals surface area contributed by atoms with Crippen molar-refractivity contribution in [3.63, 3.8) is 0 Å². The van der Waals surface area contributed by atoms with Crippen molar-refractivity contribution in [1.29, 1.82) is 0 Å². The molecule has 2 aliphatic heterocycles. The molecule has 2 aliphatic rings. The topological polar surface area (TPSA) is 32.3 Å². The Balaban J connectivity index is 1.54. The molecule has 124 valence electrons. The van der Waals surface area contributed by atoms with Crippen LogP contribution in [-0.4, -0.2) is 23.9 Å². The normalized spacial score (nSPS) is 23.8. The molecular formula is C20H21ClN2O. The van der Waals surface area contributed by atoms with E-state index in [1.54, 1.807) is 0 Å². The fourth-order valence-corrected chi connectivity index (χ4v) is 4.16. The molecule has 1 N–H and O–H groups in total. The van der Waals surface area contributed by atoms with Crippen LogP contribution in [-0.2, 0) is 17.8 Å². The van der Waals surface area contributed by atoms with Gasteiger partial charge in [0.1, 0.15) is 0 Å². The Kier molecular flexibility index (Phi) is 4.07. The second-order valence-electron chi connectivity index (χ2n) is 7.01. The maximum Gasteiger partial charge on any atom is 0.232 e. The molecule has 2 aromatic rings. The van der Waals surface area contributed by atoms with Crippen LogP contribution < -0.4 is 5.32 Å². The Bertz CT molecular complexity index is 758. The highest BCUT2D eigenvalue weighted by Gasteiger charge is 2.44. The van der Waals surface area contributed by atoms with Crippen LogP contribution in [0.4, 0.5) is 5.69 Å². The molecule has 1 spiro atoms. The van der Waals surface area contributed by atoms with E-state index in [1.807, 2.05) is 24.3 Å². The van der Waals surface area contributed by atoms with Gasteiger partial charge in [-0.3, -0.25) is 9.69 Å². The van der Waals surface area contributed by atoms with Crippen molar-refractivity contribution in [2.24, 2.45) is 5.41 Å². The van der Waals surface area contributed by atoms with Crippen molar-refractivity contribution in [2.75, 3.05) is 18.4 Å². The van der Waals surface area contributed by atoms with E-state index in [2.05, 4.69) is 34.5 Å². The van der Waals surface area contributed by atoms with Crippen molar-refractivity contribution in [2.45, 2.75) is 25.8 Å². The van der Waals surface area contributed by atoms with Crippen LogP contribution >= 0.6 is 11.6 Å². The molecular weight excluding hydrogens is 320 g/mol. The first-order chi connectivity index (χ1) is 11.6. The Morgan fingerprint density at radius 3 is 2.75 bits per heavy atom. The van der Waals surface area contributed by atoms with Crippen LogP contribution in [0, 0.1) is 5.41 Å². The summed E-state index contributed by atoms with van der Waals surface area (Å²) < 4.78 is 0. The van der Waals surface area contributed by atoms with E-state index in [9.17, 15) is 4.79 Å². The number of carbonyl (C=O) groups excluding carboxylic acids is 1. The van der Waals surface area contributed by atoms with E-state index in [-0.39, 0.29) is 11.3 Å². The van der Waals surface area contributed by atoms with Gasteiger partial charge in [0.15, 0.2) is 0 Å². The van der Waals surface area contributed by atoms with Gasteiger partial charge in [0.05, 0.1) is 5.41 Å². The van der Waals surface area contributed by atoms with Crippen molar-refractivity contribution >= 4 is 23.2 Å². The molecule has 1 amide bonds. The summed E-state index contributed by atoms with van der Waals surface area (Å²) in [5.41, 5.74) is 3.18. The fourth-order valence-electron chi connectivity index (χ4n) is 4.04. The zero-order chi connectivity index (χ0) is 16.6. The van der Waals surface area contributed by atoms with Crippen molar-refractivity contribution in [3.05, 3.63) is 64.7 Å². The Labute approximate surface area is 147 Å². The monoisotopic (exact) mass is 340 g/mol. The molecule has 0 aliphatic carbocycles. The van der Waals surface area contributed by atoms with Gasteiger partial charge in [0.25, 0.3) is 0 Å². The van der Waals surface area contributed by atoms with Crippen LogP contribution in [0.3, 0.4) is 0 Å².